The molecule has 0 aliphatic heterocycles. The maximum absolute atomic E-state index is 13.5. The number of nitriles is 1. The highest BCUT2D eigenvalue weighted by Gasteiger charge is 2.36. The molecule has 1 amide bonds. The second kappa shape index (κ2) is 8.63. The Labute approximate surface area is 172 Å². The average Bonchev–Trinajstić information content (AvgIpc) is 3.21. The number of nitrogens with one attached hydrogen (secondary N) is 1. The third-order valence-electron chi connectivity index (χ3n) is 3.70. The molecule has 1 N–H and O–H groups in total. The molecule has 0 aromatic carbocycles. The molecule has 5 nitrogen and oxygen atoms in total. The van der Waals surface area contributed by atoms with Gasteiger partial charge in [-0.2, -0.15) is 18.4 Å². The van der Waals surface area contributed by atoms with Gasteiger partial charge in [0.2, 0.25) is 5.91 Å². The zero-order chi connectivity index (χ0) is 21.0. The summed E-state index contributed by atoms with van der Waals surface area (Å²) >= 11 is 2.01. The van der Waals surface area contributed by atoms with Crippen LogP contribution in [0.1, 0.15) is 16.7 Å². The van der Waals surface area contributed by atoms with E-state index >= 15 is 0 Å². The number of carbonyl (C=O) groups is 1. The zero-order valence-corrected chi connectivity index (χ0v) is 16.6. The maximum atomic E-state index is 13.5. The quantitative estimate of drug-likeness (QED) is 0.563. The van der Waals surface area contributed by atoms with Crippen LogP contribution < -0.4 is 5.32 Å². The van der Waals surface area contributed by atoms with Crippen molar-refractivity contribution in [1.29, 1.82) is 5.26 Å². The Morgan fingerprint density at radius 1 is 1.34 bits per heavy atom. The molecule has 0 radical (unpaired) electrons. The van der Waals surface area contributed by atoms with Crippen LogP contribution in [-0.2, 0) is 11.0 Å². The van der Waals surface area contributed by atoms with Crippen LogP contribution in [0.15, 0.2) is 46.9 Å². The van der Waals surface area contributed by atoms with Gasteiger partial charge in [0.1, 0.15) is 16.9 Å². The summed E-state index contributed by atoms with van der Waals surface area (Å²) in [4.78, 5) is 21.0. The monoisotopic (exact) mass is 434 g/mol. The number of nitrogens with zero attached hydrogens (tertiary/aromatic N) is 3. The summed E-state index contributed by atoms with van der Waals surface area (Å²) in [5.74, 6) is -0.354. The van der Waals surface area contributed by atoms with Crippen molar-refractivity contribution in [2.24, 2.45) is 0 Å². The van der Waals surface area contributed by atoms with Gasteiger partial charge in [0.25, 0.3) is 0 Å². The van der Waals surface area contributed by atoms with Crippen LogP contribution >= 0.6 is 23.1 Å². The van der Waals surface area contributed by atoms with Crippen molar-refractivity contribution in [3.8, 4) is 16.6 Å². The molecule has 0 bridgehead atoms. The summed E-state index contributed by atoms with van der Waals surface area (Å²) in [6.45, 7) is 1.85. The highest BCUT2D eigenvalue weighted by atomic mass is 32.2. The number of amides is 1. The van der Waals surface area contributed by atoms with E-state index in [0.717, 1.165) is 23.4 Å². The summed E-state index contributed by atoms with van der Waals surface area (Å²) < 4.78 is 40.5. The van der Waals surface area contributed by atoms with Crippen LogP contribution in [-0.4, -0.2) is 21.6 Å². The van der Waals surface area contributed by atoms with Crippen molar-refractivity contribution in [1.82, 2.24) is 9.97 Å². The Bertz CT molecular complexity index is 1060. The first-order valence-corrected chi connectivity index (χ1v) is 10.1. The SMILES string of the molecule is Cc1ccc(NC(=O)CSc2nc(-c3cccs3)cc(C(F)(F)F)c2C#N)nc1. The highest BCUT2D eigenvalue weighted by molar-refractivity contribution is 8.00. The molecule has 0 unspecified atom stereocenters. The average molecular weight is 434 g/mol. The number of anilines is 1. The standard InChI is InChI=1S/C19H13F3N4OS2/c1-11-4-5-16(24-9-11)26-17(27)10-29-18-12(8-23)13(19(20,21)22)7-14(25-18)15-3-2-6-28-15/h2-7,9H,10H2,1H3,(H,24,26,27). The van der Waals surface area contributed by atoms with Gasteiger partial charge in [0.15, 0.2) is 0 Å². The summed E-state index contributed by atoms with van der Waals surface area (Å²) in [7, 11) is 0. The Morgan fingerprint density at radius 3 is 2.72 bits per heavy atom. The minimum Gasteiger partial charge on any atom is -0.310 e. The summed E-state index contributed by atoms with van der Waals surface area (Å²) in [5.41, 5.74) is -0.634. The Morgan fingerprint density at radius 2 is 2.14 bits per heavy atom. The van der Waals surface area contributed by atoms with Gasteiger partial charge in [-0.3, -0.25) is 4.79 Å². The molecule has 10 heteroatoms. The molecule has 3 aromatic heterocycles. The number of halogens is 3. The van der Waals surface area contributed by atoms with Gasteiger partial charge in [0.05, 0.1) is 27.5 Å². The minimum absolute atomic E-state index is 0.106. The fourth-order valence-electron chi connectivity index (χ4n) is 2.36. The van der Waals surface area contributed by atoms with Crippen LogP contribution in [0.3, 0.4) is 0 Å². The Balaban J connectivity index is 1.87. The lowest BCUT2D eigenvalue weighted by atomic mass is 10.1. The smallest absolute Gasteiger partial charge is 0.310 e. The number of aromatic nitrogens is 2. The van der Waals surface area contributed by atoms with Crippen molar-refractivity contribution in [2.45, 2.75) is 18.1 Å². The van der Waals surface area contributed by atoms with E-state index in [1.165, 1.54) is 11.3 Å². The van der Waals surface area contributed by atoms with Crippen molar-refractivity contribution >= 4 is 34.8 Å². The lowest BCUT2D eigenvalue weighted by Crippen LogP contribution is -2.16. The van der Waals surface area contributed by atoms with Gasteiger partial charge in [-0.05, 0) is 36.1 Å². The maximum Gasteiger partial charge on any atom is 0.417 e. The van der Waals surface area contributed by atoms with E-state index in [1.54, 1.807) is 41.9 Å². The summed E-state index contributed by atoms with van der Waals surface area (Å²) in [6, 6.07) is 9.17. The fourth-order valence-corrected chi connectivity index (χ4v) is 3.85. The first kappa shape index (κ1) is 20.8. The largest absolute Gasteiger partial charge is 0.417 e. The molecule has 29 heavy (non-hydrogen) atoms. The molecule has 0 spiro atoms. The van der Waals surface area contributed by atoms with Gasteiger partial charge in [0, 0.05) is 6.20 Å². The molecule has 0 saturated carbocycles. The van der Waals surface area contributed by atoms with E-state index in [0.29, 0.717) is 10.7 Å². The van der Waals surface area contributed by atoms with Gasteiger partial charge >= 0.3 is 6.18 Å². The normalized spacial score (nSPS) is 11.1. The van der Waals surface area contributed by atoms with Gasteiger partial charge in [-0.25, -0.2) is 9.97 Å². The van der Waals surface area contributed by atoms with Crippen molar-refractivity contribution < 1.29 is 18.0 Å². The number of aryl methyl sites for hydroxylation is 1. The fraction of sp³-hybridized carbons (Fsp3) is 0.158. The van der Waals surface area contributed by atoms with E-state index in [9.17, 15) is 23.2 Å². The second-order valence-corrected chi connectivity index (χ2v) is 7.79. The molecule has 0 fully saturated rings. The summed E-state index contributed by atoms with van der Waals surface area (Å²) in [5, 5.41) is 13.4. The van der Waals surface area contributed by atoms with Crippen LogP contribution in [0.2, 0.25) is 0 Å². The number of thiophene rings is 1. The molecular weight excluding hydrogens is 421 g/mol. The van der Waals surface area contributed by atoms with Crippen molar-refractivity contribution in [2.75, 3.05) is 11.1 Å². The second-order valence-electron chi connectivity index (χ2n) is 5.88. The lowest BCUT2D eigenvalue weighted by Gasteiger charge is -2.13. The Kier molecular flexibility index (Phi) is 6.20. The van der Waals surface area contributed by atoms with E-state index < -0.39 is 23.2 Å². The van der Waals surface area contributed by atoms with Gasteiger partial charge < -0.3 is 5.32 Å². The third-order valence-corrected chi connectivity index (χ3v) is 5.56. The molecule has 0 atom stereocenters. The predicted molar refractivity (Wildman–Crippen MR) is 106 cm³/mol. The number of hydrogen-bond donors (Lipinski definition) is 1. The predicted octanol–water partition coefficient (Wildman–Crippen LogP) is 5.13. The van der Waals surface area contributed by atoms with Crippen LogP contribution in [0, 0.1) is 18.3 Å². The molecule has 148 valence electrons. The molecular formula is C19H13F3N4OS2. The molecule has 3 rings (SSSR count). The van der Waals surface area contributed by atoms with E-state index in [2.05, 4.69) is 15.3 Å². The first-order valence-electron chi connectivity index (χ1n) is 8.19. The van der Waals surface area contributed by atoms with Gasteiger partial charge in [-0.1, -0.05) is 23.9 Å². The molecule has 0 saturated heterocycles. The number of hydrogen-bond acceptors (Lipinski definition) is 6. The molecule has 3 heterocycles. The first-order chi connectivity index (χ1) is 13.8. The molecule has 0 aliphatic carbocycles. The third kappa shape index (κ3) is 5.13. The minimum atomic E-state index is -4.72. The topological polar surface area (TPSA) is 78.7 Å². The van der Waals surface area contributed by atoms with E-state index in [4.69, 9.17) is 0 Å². The number of alkyl halides is 3. The highest BCUT2D eigenvalue weighted by Crippen LogP contribution is 2.38. The number of carbonyl (C=O) groups excluding carboxylic acids is 1. The van der Waals surface area contributed by atoms with Gasteiger partial charge in [-0.15, -0.1) is 11.3 Å². The van der Waals surface area contributed by atoms with Crippen LogP contribution in [0.4, 0.5) is 19.0 Å². The summed E-state index contributed by atoms with van der Waals surface area (Å²) in [6.07, 6.45) is -3.14. The number of thioether (sulfide) groups is 1. The Hall–Kier alpha value is -2.90. The number of pyridine rings is 2. The molecule has 3 aromatic rings. The van der Waals surface area contributed by atoms with Crippen LogP contribution in [0.5, 0.6) is 0 Å². The number of rotatable bonds is 5. The van der Waals surface area contributed by atoms with Crippen molar-refractivity contribution in [3.05, 3.63) is 58.6 Å². The van der Waals surface area contributed by atoms with E-state index in [-0.39, 0.29) is 16.5 Å². The molecule has 0 aliphatic rings. The van der Waals surface area contributed by atoms with Crippen molar-refractivity contribution in [3.63, 3.8) is 0 Å². The van der Waals surface area contributed by atoms with Crippen LogP contribution in [0.25, 0.3) is 10.6 Å². The zero-order valence-electron chi connectivity index (χ0n) is 14.9. The lowest BCUT2D eigenvalue weighted by molar-refractivity contribution is -0.138. The van der Waals surface area contributed by atoms with E-state index in [1.807, 2.05) is 6.92 Å².